The number of likely N-dealkylation sites (N-methyl/N-ethyl adjacent to an activating group) is 1. The molecule has 1 unspecified atom stereocenters. The molecule has 0 bridgehead atoms. The Bertz CT molecular complexity index is 290. The van der Waals surface area contributed by atoms with Crippen molar-refractivity contribution in [2.75, 3.05) is 20.8 Å². The smallest absolute Gasteiger partial charge is 0.0462 e. The molecule has 0 aliphatic rings. The molecule has 0 radical (unpaired) electrons. The van der Waals surface area contributed by atoms with Crippen molar-refractivity contribution in [1.29, 1.82) is 0 Å². The Morgan fingerprint density at radius 1 is 1.50 bits per heavy atom. The van der Waals surface area contributed by atoms with Crippen molar-refractivity contribution in [3.63, 3.8) is 0 Å². The van der Waals surface area contributed by atoms with Crippen molar-refractivity contribution in [3.05, 3.63) is 28.5 Å². The monoisotopic (exact) mass is 286 g/mol. The third-order valence-corrected chi connectivity index (χ3v) is 3.02. The molecule has 90 valence electrons. The first-order chi connectivity index (χ1) is 7.76. The van der Waals surface area contributed by atoms with E-state index >= 15 is 0 Å². The zero-order valence-corrected chi connectivity index (χ0v) is 11.5. The first kappa shape index (κ1) is 13.6. The maximum atomic E-state index is 5.05. The number of ether oxygens (including phenoxy) is 1. The summed E-state index contributed by atoms with van der Waals surface area (Å²) in [6.07, 6.45) is 5.01. The molecule has 1 aromatic rings. The second-order valence-electron chi connectivity index (χ2n) is 3.79. The highest BCUT2D eigenvalue weighted by atomic mass is 79.9. The van der Waals surface area contributed by atoms with E-state index in [4.69, 9.17) is 4.74 Å². The van der Waals surface area contributed by atoms with Crippen LogP contribution in [0.15, 0.2) is 22.8 Å². The maximum Gasteiger partial charge on any atom is 0.0462 e. The molecule has 3 nitrogen and oxygen atoms in total. The third kappa shape index (κ3) is 5.05. The summed E-state index contributed by atoms with van der Waals surface area (Å²) < 4.78 is 6.08. The van der Waals surface area contributed by atoms with Gasteiger partial charge >= 0.3 is 0 Å². The highest BCUT2D eigenvalue weighted by molar-refractivity contribution is 9.10. The van der Waals surface area contributed by atoms with Crippen molar-refractivity contribution >= 4 is 15.9 Å². The average molecular weight is 287 g/mol. The maximum absolute atomic E-state index is 5.05. The van der Waals surface area contributed by atoms with E-state index in [2.05, 4.69) is 32.3 Å². The topological polar surface area (TPSA) is 34.1 Å². The zero-order valence-electron chi connectivity index (χ0n) is 9.87. The molecule has 0 aliphatic heterocycles. The van der Waals surface area contributed by atoms with Crippen LogP contribution < -0.4 is 5.32 Å². The van der Waals surface area contributed by atoms with Crippen LogP contribution in [-0.4, -0.2) is 31.8 Å². The number of halogens is 1. The molecule has 1 aromatic heterocycles. The van der Waals surface area contributed by atoms with Crippen molar-refractivity contribution in [3.8, 4) is 0 Å². The van der Waals surface area contributed by atoms with Crippen LogP contribution in [0.1, 0.15) is 18.5 Å². The van der Waals surface area contributed by atoms with Gasteiger partial charge < -0.3 is 10.1 Å². The van der Waals surface area contributed by atoms with Crippen molar-refractivity contribution in [1.82, 2.24) is 10.3 Å². The number of hydrogen-bond donors (Lipinski definition) is 1. The van der Waals surface area contributed by atoms with Crippen LogP contribution in [0.25, 0.3) is 0 Å². The van der Waals surface area contributed by atoms with Gasteiger partial charge in [-0.15, -0.1) is 0 Å². The molecular formula is C12H19BrN2O. The zero-order chi connectivity index (χ0) is 11.8. The van der Waals surface area contributed by atoms with E-state index in [9.17, 15) is 0 Å². The van der Waals surface area contributed by atoms with Gasteiger partial charge in [0.25, 0.3) is 0 Å². The fourth-order valence-electron chi connectivity index (χ4n) is 1.60. The van der Waals surface area contributed by atoms with Gasteiger partial charge in [-0.2, -0.15) is 0 Å². The number of pyridine rings is 1. The average Bonchev–Trinajstić information content (AvgIpc) is 2.31. The minimum atomic E-state index is 0.476. The Hall–Kier alpha value is -0.450. The Kier molecular flexibility index (Phi) is 6.61. The summed E-state index contributed by atoms with van der Waals surface area (Å²) >= 11 is 3.39. The highest BCUT2D eigenvalue weighted by Gasteiger charge is 2.07. The predicted octanol–water partition coefficient (Wildman–Crippen LogP) is 2.40. The number of hydrogen-bond acceptors (Lipinski definition) is 3. The molecule has 0 fully saturated rings. The molecule has 0 saturated heterocycles. The number of rotatable bonds is 7. The van der Waals surface area contributed by atoms with Gasteiger partial charge in [0.05, 0.1) is 0 Å². The number of methoxy groups -OCH3 is 1. The SMILES string of the molecule is CNC(CCCOC)Cc1ccc(Br)cn1. The van der Waals surface area contributed by atoms with Gasteiger partial charge in [0.1, 0.15) is 0 Å². The van der Waals surface area contributed by atoms with Crippen LogP contribution in [0.4, 0.5) is 0 Å². The molecule has 1 N–H and O–H groups in total. The molecule has 1 heterocycles. The molecule has 0 saturated carbocycles. The van der Waals surface area contributed by atoms with Crippen LogP contribution in [0.3, 0.4) is 0 Å². The molecule has 0 aromatic carbocycles. The summed E-state index contributed by atoms with van der Waals surface area (Å²) in [5, 5.41) is 3.32. The summed E-state index contributed by atoms with van der Waals surface area (Å²) in [5.41, 5.74) is 1.12. The highest BCUT2D eigenvalue weighted by Crippen LogP contribution is 2.10. The van der Waals surface area contributed by atoms with E-state index in [1.807, 2.05) is 19.3 Å². The Balaban J connectivity index is 2.40. The van der Waals surface area contributed by atoms with Crippen LogP contribution in [0, 0.1) is 0 Å². The first-order valence-corrected chi connectivity index (χ1v) is 6.32. The quantitative estimate of drug-likeness (QED) is 0.782. The summed E-state index contributed by atoms with van der Waals surface area (Å²) in [6, 6.07) is 4.57. The van der Waals surface area contributed by atoms with Gasteiger partial charge in [-0.05, 0) is 48.0 Å². The van der Waals surface area contributed by atoms with Gasteiger partial charge in [-0.3, -0.25) is 4.98 Å². The minimum Gasteiger partial charge on any atom is -0.385 e. The van der Waals surface area contributed by atoms with E-state index < -0.39 is 0 Å². The first-order valence-electron chi connectivity index (χ1n) is 5.53. The molecule has 0 amide bonds. The normalized spacial score (nSPS) is 12.7. The molecule has 0 spiro atoms. The molecule has 1 atom stereocenters. The third-order valence-electron chi connectivity index (χ3n) is 2.55. The van der Waals surface area contributed by atoms with Crippen molar-refractivity contribution in [2.45, 2.75) is 25.3 Å². The van der Waals surface area contributed by atoms with Gasteiger partial charge in [0.2, 0.25) is 0 Å². The van der Waals surface area contributed by atoms with Crippen LogP contribution in [-0.2, 0) is 11.2 Å². The summed E-state index contributed by atoms with van der Waals surface area (Å²) in [4.78, 5) is 4.38. The second kappa shape index (κ2) is 7.76. The van der Waals surface area contributed by atoms with Crippen molar-refractivity contribution < 1.29 is 4.74 Å². The van der Waals surface area contributed by atoms with Crippen molar-refractivity contribution in [2.24, 2.45) is 0 Å². The Morgan fingerprint density at radius 2 is 2.31 bits per heavy atom. The van der Waals surface area contributed by atoms with E-state index in [-0.39, 0.29) is 0 Å². The van der Waals surface area contributed by atoms with E-state index in [1.54, 1.807) is 7.11 Å². The Labute approximate surface area is 106 Å². The molecule has 16 heavy (non-hydrogen) atoms. The minimum absolute atomic E-state index is 0.476. The van der Waals surface area contributed by atoms with Gasteiger partial charge in [0.15, 0.2) is 0 Å². The lowest BCUT2D eigenvalue weighted by atomic mass is 10.1. The van der Waals surface area contributed by atoms with Gasteiger partial charge in [-0.1, -0.05) is 0 Å². The van der Waals surface area contributed by atoms with Crippen LogP contribution in [0.5, 0.6) is 0 Å². The fraction of sp³-hybridized carbons (Fsp3) is 0.583. The van der Waals surface area contributed by atoms with Crippen LogP contribution in [0.2, 0.25) is 0 Å². The predicted molar refractivity (Wildman–Crippen MR) is 69.6 cm³/mol. The molecular weight excluding hydrogens is 268 g/mol. The summed E-state index contributed by atoms with van der Waals surface area (Å²) in [7, 11) is 3.74. The van der Waals surface area contributed by atoms with Crippen LogP contribution >= 0.6 is 15.9 Å². The second-order valence-corrected chi connectivity index (χ2v) is 4.71. The lowest BCUT2D eigenvalue weighted by molar-refractivity contribution is 0.189. The lowest BCUT2D eigenvalue weighted by Crippen LogP contribution is -2.28. The summed E-state index contributed by atoms with van der Waals surface area (Å²) in [6.45, 7) is 0.825. The van der Waals surface area contributed by atoms with Gasteiger partial charge in [-0.25, -0.2) is 0 Å². The summed E-state index contributed by atoms with van der Waals surface area (Å²) in [5.74, 6) is 0. The number of nitrogens with zero attached hydrogens (tertiary/aromatic N) is 1. The Morgan fingerprint density at radius 3 is 2.88 bits per heavy atom. The molecule has 1 rings (SSSR count). The number of aromatic nitrogens is 1. The largest absolute Gasteiger partial charge is 0.385 e. The molecule has 4 heteroatoms. The lowest BCUT2D eigenvalue weighted by Gasteiger charge is -2.15. The number of nitrogens with one attached hydrogen (secondary N) is 1. The van der Waals surface area contributed by atoms with E-state index in [0.717, 1.165) is 36.0 Å². The fourth-order valence-corrected chi connectivity index (χ4v) is 1.84. The van der Waals surface area contributed by atoms with E-state index in [1.165, 1.54) is 0 Å². The molecule has 0 aliphatic carbocycles. The standard InChI is InChI=1S/C12H19BrN2O/c1-14-11(4-3-7-16-2)8-12-6-5-10(13)9-15-12/h5-6,9,11,14H,3-4,7-8H2,1-2H3. The van der Waals surface area contributed by atoms with Gasteiger partial charge in [0, 0.05) is 42.5 Å². The van der Waals surface area contributed by atoms with E-state index in [0.29, 0.717) is 6.04 Å².